The molecule has 3 aromatic rings. The minimum atomic E-state index is -0.285. The molecule has 0 fully saturated rings. The zero-order chi connectivity index (χ0) is 17.8. The molecule has 25 heavy (non-hydrogen) atoms. The highest BCUT2D eigenvalue weighted by atomic mass is 19.1. The van der Waals surface area contributed by atoms with Gasteiger partial charge in [0.1, 0.15) is 11.6 Å². The standard InChI is InChI=1S/C20H20FN3O/c1-14(2)20-23-18(16-5-3-10-22-13-16)19(24(20)11-4-12-25)15-6-8-17(21)9-7-15/h3-11,13-14,25H,12H2,1-2H3/b11-4+. The Kier molecular flexibility index (Phi) is 5.05. The number of pyridine rings is 1. The van der Waals surface area contributed by atoms with Crippen LogP contribution in [-0.2, 0) is 0 Å². The summed E-state index contributed by atoms with van der Waals surface area (Å²) in [6.45, 7) is 4.06. The normalized spacial score (nSPS) is 11.6. The second kappa shape index (κ2) is 7.40. The third-order valence-corrected chi connectivity index (χ3v) is 3.87. The summed E-state index contributed by atoms with van der Waals surface area (Å²) in [4.78, 5) is 9.02. The van der Waals surface area contributed by atoms with Crippen molar-refractivity contribution in [1.82, 2.24) is 14.5 Å². The molecular formula is C20H20FN3O. The summed E-state index contributed by atoms with van der Waals surface area (Å²) < 4.78 is 15.3. The highest BCUT2D eigenvalue weighted by molar-refractivity contribution is 5.80. The molecule has 128 valence electrons. The predicted octanol–water partition coefficient (Wildman–Crippen LogP) is 4.34. The van der Waals surface area contributed by atoms with Gasteiger partial charge in [-0.15, -0.1) is 0 Å². The maximum atomic E-state index is 13.4. The zero-order valence-corrected chi connectivity index (χ0v) is 14.2. The van der Waals surface area contributed by atoms with Crippen molar-refractivity contribution >= 4 is 6.20 Å². The number of imidazole rings is 1. The highest BCUT2D eigenvalue weighted by Gasteiger charge is 2.20. The Morgan fingerprint density at radius 1 is 1.16 bits per heavy atom. The van der Waals surface area contributed by atoms with Gasteiger partial charge in [0.2, 0.25) is 0 Å². The molecule has 0 saturated heterocycles. The van der Waals surface area contributed by atoms with Crippen LogP contribution in [0.15, 0.2) is 54.9 Å². The number of benzene rings is 1. The van der Waals surface area contributed by atoms with E-state index in [0.29, 0.717) is 0 Å². The van der Waals surface area contributed by atoms with Crippen LogP contribution in [0.2, 0.25) is 0 Å². The number of hydrogen-bond donors (Lipinski definition) is 1. The van der Waals surface area contributed by atoms with Crippen molar-refractivity contribution in [1.29, 1.82) is 0 Å². The lowest BCUT2D eigenvalue weighted by Crippen LogP contribution is -2.01. The van der Waals surface area contributed by atoms with Crippen LogP contribution in [0.5, 0.6) is 0 Å². The molecule has 3 rings (SSSR count). The van der Waals surface area contributed by atoms with Crippen molar-refractivity contribution < 1.29 is 9.50 Å². The van der Waals surface area contributed by atoms with Crippen LogP contribution in [0.1, 0.15) is 25.6 Å². The molecule has 0 aliphatic rings. The molecule has 0 bridgehead atoms. The van der Waals surface area contributed by atoms with Crippen molar-refractivity contribution in [3.8, 4) is 22.5 Å². The lowest BCUT2D eigenvalue weighted by atomic mass is 10.1. The lowest BCUT2D eigenvalue weighted by molar-refractivity contribution is 0.343. The number of hydrogen-bond acceptors (Lipinski definition) is 3. The molecule has 5 heteroatoms. The minimum Gasteiger partial charge on any atom is -0.392 e. The number of nitrogens with zero attached hydrogens (tertiary/aromatic N) is 3. The van der Waals surface area contributed by atoms with Crippen molar-refractivity contribution in [2.75, 3.05) is 6.61 Å². The Labute approximate surface area is 146 Å². The van der Waals surface area contributed by atoms with Crippen molar-refractivity contribution in [3.05, 3.63) is 66.5 Å². The molecule has 0 radical (unpaired) electrons. The first kappa shape index (κ1) is 17.0. The van der Waals surface area contributed by atoms with Gasteiger partial charge in [0.25, 0.3) is 0 Å². The van der Waals surface area contributed by atoms with E-state index in [9.17, 15) is 9.50 Å². The molecule has 0 aliphatic carbocycles. The number of aliphatic hydroxyl groups excluding tert-OH is 1. The summed E-state index contributed by atoms with van der Waals surface area (Å²) in [6, 6.07) is 10.2. The quantitative estimate of drug-likeness (QED) is 0.753. The maximum Gasteiger partial charge on any atom is 0.123 e. The zero-order valence-electron chi connectivity index (χ0n) is 14.2. The van der Waals surface area contributed by atoms with E-state index in [-0.39, 0.29) is 18.3 Å². The monoisotopic (exact) mass is 337 g/mol. The van der Waals surface area contributed by atoms with Gasteiger partial charge in [-0.3, -0.25) is 4.98 Å². The van der Waals surface area contributed by atoms with E-state index in [4.69, 9.17) is 4.98 Å². The van der Waals surface area contributed by atoms with Gasteiger partial charge >= 0.3 is 0 Å². The molecule has 0 saturated carbocycles. The fraction of sp³-hybridized carbons (Fsp3) is 0.200. The Morgan fingerprint density at radius 3 is 2.52 bits per heavy atom. The largest absolute Gasteiger partial charge is 0.392 e. The Bertz CT molecular complexity index is 868. The summed E-state index contributed by atoms with van der Waals surface area (Å²) in [5.74, 6) is 0.753. The molecule has 0 atom stereocenters. The first-order valence-corrected chi connectivity index (χ1v) is 8.17. The van der Waals surface area contributed by atoms with Gasteiger partial charge in [-0.2, -0.15) is 0 Å². The first-order chi connectivity index (χ1) is 12.1. The lowest BCUT2D eigenvalue weighted by Gasteiger charge is -2.10. The summed E-state index contributed by atoms with van der Waals surface area (Å²) in [5.41, 5.74) is 3.37. The minimum absolute atomic E-state index is 0.0687. The van der Waals surface area contributed by atoms with Gasteiger partial charge in [-0.1, -0.05) is 13.8 Å². The van der Waals surface area contributed by atoms with Crippen molar-refractivity contribution in [2.45, 2.75) is 19.8 Å². The van der Waals surface area contributed by atoms with Gasteiger partial charge in [0, 0.05) is 35.6 Å². The summed E-state index contributed by atoms with van der Waals surface area (Å²) in [5, 5.41) is 9.20. The molecule has 0 unspecified atom stereocenters. The van der Waals surface area contributed by atoms with Crippen LogP contribution in [0.4, 0.5) is 4.39 Å². The second-order valence-corrected chi connectivity index (χ2v) is 6.01. The molecular weight excluding hydrogens is 317 g/mol. The smallest absolute Gasteiger partial charge is 0.123 e. The molecule has 2 aromatic heterocycles. The van der Waals surface area contributed by atoms with E-state index in [1.807, 2.05) is 16.7 Å². The van der Waals surface area contributed by atoms with Gasteiger partial charge in [0.05, 0.1) is 18.0 Å². The van der Waals surface area contributed by atoms with Gasteiger partial charge in [-0.25, -0.2) is 9.37 Å². The molecule has 4 nitrogen and oxygen atoms in total. The molecule has 2 heterocycles. The van der Waals surface area contributed by atoms with Crippen LogP contribution >= 0.6 is 0 Å². The Balaban J connectivity index is 2.30. The van der Waals surface area contributed by atoms with Gasteiger partial charge < -0.3 is 9.67 Å². The molecule has 0 spiro atoms. The topological polar surface area (TPSA) is 50.9 Å². The van der Waals surface area contributed by atoms with Gasteiger partial charge in [-0.05, 0) is 42.5 Å². The maximum absolute atomic E-state index is 13.4. The van der Waals surface area contributed by atoms with E-state index in [2.05, 4.69) is 18.8 Å². The van der Waals surface area contributed by atoms with Crippen LogP contribution in [0, 0.1) is 5.82 Å². The average Bonchev–Trinajstić information content (AvgIpc) is 3.01. The summed E-state index contributed by atoms with van der Waals surface area (Å²) in [7, 11) is 0. The highest BCUT2D eigenvalue weighted by Crippen LogP contribution is 2.35. The molecule has 1 aromatic carbocycles. The SMILES string of the molecule is CC(C)c1nc(-c2cccnc2)c(-c2ccc(F)cc2)n1/C=C/CO. The summed E-state index contributed by atoms with van der Waals surface area (Å²) in [6.07, 6.45) is 6.95. The number of aromatic nitrogens is 3. The van der Waals surface area contributed by atoms with E-state index in [1.165, 1.54) is 12.1 Å². The first-order valence-electron chi connectivity index (χ1n) is 8.17. The van der Waals surface area contributed by atoms with E-state index in [1.54, 1.807) is 36.8 Å². The molecule has 1 N–H and O–H groups in total. The van der Waals surface area contributed by atoms with Crippen molar-refractivity contribution in [3.63, 3.8) is 0 Å². The van der Waals surface area contributed by atoms with Crippen LogP contribution in [0.25, 0.3) is 28.7 Å². The van der Waals surface area contributed by atoms with E-state index < -0.39 is 0 Å². The fourth-order valence-corrected chi connectivity index (χ4v) is 2.75. The average molecular weight is 337 g/mol. The second-order valence-electron chi connectivity index (χ2n) is 6.01. The Morgan fingerprint density at radius 2 is 1.92 bits per heavy atom. The summed E-state index contributed by atoms with van der Waals surface area (Å²) >= 11 is 0. The third kappa shape index (κ3) is 3.51. The third-order valence-electron chi connectivity index (χ3n) is 3.87. The van der Waals surface area contributed by atoms with Crippen LogP contribution in [0.3, 0.4) is 0 Å². The van der Waals surface area contributed by atoms with E-state index in [0.717, 1.165) is 28.3 Å². The Hall–Kier alpha value is -2.79. The van der Waals surface area contributed by atoms with E-state index >= 15 is 0 Å². The molecule has 0 amide bonds. The number of aliphatic hydroxyl groups is 1. The number of halogens is 1. The van der Waals surface area contributed by atoms with Gasteiger partial charge in [0.15, 0.2) is 0 Å². The van der Waals surface area contributed by atoms with Crippen LogP contribution in [-0.4, -0.2) is 26.2 Å². The molecule has 0 aliphatic heterocycles. The van der Waals surface area contributed by atoms with Crippen molar-refractivity contribution in [2.24, 2.45) is 0 Å². The predicted molar refractivity (Wildman–Crippen MR) is 97.4 cm³/mol. The number of rotatable bonds is 5. The fourth-order valence-electron chi connectivity index (χ4n) is 2.75. The van der Waals surface area contributed by atoms with Crippen LogP contribution < -0.4 is 0 Å².